The van der Waals surface area contributed by atoms with E-state index < -0.39 is 0 Å². The van der Waals surface area contributed by atoms with Crippen LogP contribution in [0.3, 0.4) is 0 Å². The molecule has 2 aliphatic rings. The van der Waals surface area contributed by atoms with Gasteiger partial charge in [0.05, 0.1) is 13.2 Å². The summed E-state index contributed by atoms with van der Waals surface area (Å²) in [7, 11) is 3.53. The number of guanidine groups is 1. The van der Waals surface area contributed by atoms with Crippen LogP contribution in [-0.2, 0) is 9.53 Å². The van der Waals surface area contributed by atoms with Crippen LogP contribution in [0.25, 0.3) is 0 Å². The van der Waals surface area contributed by atoms with Crippen molar-refractivity contribution in [1.82, 2.24) is 20.4 Å². The fourth-order valence-electron chi connectivity index (χ4n) is 3.68. The average molecular weight is 382 g/mol. The van der Waals surface area contributed by atoms with Gasteiger partial charge in [0, 0.05) is 45.8 Å². The molecule has 0 spiro atoms. The van der Waals surface area contributed by atoms with E-state index >= 15 is 0 Å². The molecule has 27 heavy (non-hydrogen) atoms. The molecule has 2 N–H and O–H groups in total. The third kappa shape index (κ3) is 7.66. The van der Waals surface area contributed by atoms with Crippen molar-refractivity contribution in [2.45, 2.75) is 51.5 Å². The number of hydrogen-bond acceptors (Lipinski definition) is 4. The van der Waals surface area contributed by atoms with Gasteiger partial charge in [-0.15, -0.1) is 0 Å². The molecule has 2 rings (SSSR count). The van der Waals surface area contributed by atoms with Crippen molar-refractivity contribution in [2.24, 2.45) is 10.9 Å². The number of nitrogens with one attached hydrogen (secondary N) is 2. The van der Waals surface area contributed by atoms with Gasteiger partial charge in [-0.3, -0.25) is 9.69 Å². The van der Waals surface area contributed by atoms with E-state index in [0.29, 0.717) is 5.92 Å². The summed E-state index contributed by atoms with van der Waals surface area (Å²) in [4.78, 5) is 20.5. The molecule has 0 aromatic heterocycles. The van der Waals surface area contributed by atoms with Gasteiger partial charge in [-0.2, -0.15) is 0 Å². The molecule has 7 heteroatoms. The number of morpholine rings is 1. The zero-order chi connectivity index (χ0) is 19.7. The Morgan fingerprint density at radius 3 is 2.44 bits per heavy atom. The third-order valence-corrected chi connectivity index (χ3v) is 5.71. The first kappa shape index (κ1) is 22.0. The van der Waals surface area contributed by atoms with Crippen LogP contribution in [0.5, 0.6) is 0 Å². The second-order valence-corrected chi connectivity index (χ2v) is 8.60. The summed E-state index contributed by atoms with van der Waals surface area (Å²) in [5, 5.41) is 6.96. The maximum atomic E-state index is 11.9. The number of aliphatic imine (C=N–C) groups is 1. The number of carbonyl (C=O) groups excluding carboxylic acids is 1. The second-order valence-electron chi connectivity index (χ2n) is 8.60. The van der Waals surface area contributed by atoms with E-state index in [4.69, 9.17) is 4.74 Å². The molecule has 1 heterocycles. The molecule has 0 aromatic rings. The topological polar surface area (TPSA) is 69.2 Å². The minimum atomic E-state index is 0.00260. The highest BCUT2D eigenvalue weighted by Gasteiger charge is 2.28. The van der Waals surface area contributed by atoms with E-state index in [0.717, 1.165) is 45.4 Å². The number of carbonyl (C=O) groups is 1. The fourth-order valence-corrected chi connectivity index (χ4v) is 3.68. The van der Waals surface area contributed by atoms with Gasteiger partial charge >= 0.3 is 0 Å². The van der Waals surface area contributed by atoms with Gasteiger partial charge in [-0.05, 0) is 32.6 Å². The number of likely N-dealkylation sites (N-methyl/N-ethyl adjacent to an activating group) is 1. The number of ether oxygens (including phenoxy) is 1. The van der Waals surface area contributed by atoms with Crippen molar-refractivity contribution < 1.29 is 9.53 Å². The van der Waals surface area contributed by atoms with Gasteiger partial charge in [-0.25, -0.2) is 4.99 Å². The lowest BCUT2D eigenvalue weighted by molar-refractivity contribution is -0.127. The third-order valence-electron chi connectivity index (χ3n) is 5.71. The van der Waals surface area contributed by atoms with Gasteiger partial charge in [0.15, 0.2) is 5.96 Å². The number of hydrogen-bond donors (Lipinski definition) is 2. The van der Waals surface area contributed by atoms with Crippen LogP contribution in [-0.4, -0.2) is 87.2 Å². The van der Waals surface area contributed by atoms with Crippen molar-refractivity contribution in [1.29, 1.82) is 0 Å². The van der Waals surface area contributed by atoms with E-state index in [9.17, 15) is 4.79 Å². The molecule has 1 aliphatic heterocycles. The van der Waals surface area contributed by atoms with E-state index in [-0.39, 0.29) is 18.0 Å². The maximum Gasteiger partial charge on any atom is 0.243 e. The summed E-state index contributed by atoms with van der Waals surface area (Å²) in [5.41, 5.74) is 0.00260. The predicted molar refractivity (Wildman–Crippen MR) is 110 cm³/mol. The summed E-state index contributed by atoms with van der Waals surface area (Å²) < 4.78 is 5.47. The molecule has 0 atom stereocenters. The van der Waals surface area contributed by atoms with Crippen molar-refractivity contribution in [3.8, 4) is 0 Å². The summed E-state index contributed by atoms with van der Waals surface area (Å²) in [6, 6.07) is 0. The summed E-state index contributed by atoms with van der Waals surface area (Å²) in [5.74, 6) is 1.47. The number of rotatable bonds is 7. The Kier molecular flexibility index (Phi) is 8.83. The zero-order valence-electron chi connectivity index (χ0n) is 17.7. The summed E-state index contributed by atoms with van der Waals surface area (Å²) in [6.07, 6.45) is 6.60. The van der Waals surface area contributed by atoms with E-state index in [1.54, 1.807) is 19.0 Å². The predicted octanol–water partition coefficient (Wildman–Crippen LogP) is 1.30. The van der Waals surface area contributed by atoms with Gasteiger partial charge in [-0.1, -0.05) is 19.3 Å². The van der Waals surface area contributed by atoms with Crippen molar-refractivity contribution in [2.75, 3.05) is 60.0 Å². The van der Waals surface area contributed by atoms with Gasteiger partial charge in [0.1, 0.15) is 6.54 Å². The smallest absolute Gasteiger partial charge is 0.243 e. The van der Waals surface area contributed by atoms with E-state index in [2.05, 4.69) is 34.4 Å². The maximum absolute atomic E-state index is 11.9. The van der Waals surface area contributed by atoms with Crippen LogP contribution in [0.15, 0.2) is 4.99 Å². The average Bonchev–Trinajstić information content (AvgIpc) is 2.68. The van der Waals surface area contributed by atoms with Gasteiger partial charge in [0.25, 0.3) is 0 Å². The Morgan fingerprint density at radius 2 is 1.81 bits per heavy atom. The van der Waals surface area contributed by atoms with Crippen LogP contribution in [0.2, 0.25) is 0 Å². The second kappa shape index (κ2) is 10.9. The Balaban J connectivity index is 1.90. The summed E-state index contributed by atoms with van der Waals surface area (Å²) in [6.45, 7) is 9.86. The molecular formula is C20H39N5O2. The lowest BCUT2D eigenvalue weighted by Gasteiger charge is -2.41. The minimum Gasteiger partial charge on any atom is -0.379 e. The van der Waals surface area contributed by atoms with Gasteiger partial charge < -0.3 is 20.3 Å². The van der Waals surface area contributed by atoms with E-state index in [1.807, 2.05) is 0 Å². The van der Waals surface area contributed by atoms with Crippen LogP contribution in [0.1, 0.15) is 46.0 Å². The van der Waals surface area contributed by atoms with Crippen molar-refractivity contribution in [3.63, 3.8) is 0 Å². The lowest BCUT2D eigenvalue weighted by Crippen LogP contribution is -2.56. The van der Waals surface area contributed by atoms with Gasteiger partial charge in [0.2, 0.25) is 5.91 Å². The summed E-state index contributed by atoms with van der Waals surface area (Å²) >= 11 is 0. The minimum absolute atomic E-state index is 0.00260. The van der Waals surface area contributed by atoms with Crippen LogP contribution >= 0.6 is 0 Å². The van der Waals surface area contributed by atoms with Crippen molar-refractivity contribution in [3.05, 3.63) is 0 Å². The molecule has 1 amide bonds. The zero-order valence-corrected chi connectivity index (χ0v) is 17.7. The monoisotopic (exact) mass is 381 g/mol. The molecule has 1 saturated carbocycles. The number of nitrogens with zero attached hydrogens (tertiary/aromatic N) is 3. The first-order valence-electron chi connectivity index (χ1n) is 10.4. The molecule has 0 aromatic carbocycles. The molecule has 0 unspecified atom stereocenters. The Hall–Kier alpha value is -1.34. The Bertz CT molecular complexity index is 481. The SMILES string of the molecule is CN(C)C(=O)CN=C(NCC1CCCCC1)NCC(C)(C)N1CCOCC1. The molecule has 1 saturated heterocycles. The molecule has 0 bridgehead atoms. The molecule has 2 fully saturated rings. The lowest BCUT2D eigenvalue weighted by atomic mass is 9.89. The molecule has 7 nitrogen and oxygen atoms in total. The highest BCUT2D eigenvalue weighted by molar-refractivity contribution is 5.84. The standard InChI is InChI=1S/C20H39N5O2/c1-20(2,25-10-12-27-13-11-25)16-23-19(22-15-18(26)24(3)4)21-14-17-8-6-5-7-9-17/h17H,5-16H2,1-4H3,(H2,21,22,23). The quantitative estimate of drug-likeness (QED) is 0.514. The molecule has 156 valence electrons. The molecule has 0 radical (unpaired) electrons. The Morgan fingerprint density at radius 1 is 1.15 bits per heavy atom. The molecule has 1 aliphatic carbocycles. The van der Waals surface area contributed by atoms with Crippen molar-refractivity contribution >= 4 is 11.9 Å². The van der Waals surface area contributed by atoms with E-state index in [1.165, 1.54) is 32.1 Å². The number of amides is 1. The van der Waals surface area contributed by atoms with Crippen LogP contribution in [0, 0.1) is 5.92 Å². The fraction of sp³-hybridized carbons (Fsp3) is 0.900. The highest BCUT2D eigenvalue weighted by Crippen LogP contribution is 2.22. The normalized spacial score (nSPS) is 20.4. The Labute approximate surface area is 164 Å². The highest BCUT2D eigenvalue weighted by atomic mass is 16.5. The molecular weight excluding hydrogens is 342 g/mol. The van der Waals surface area contributed by atoms with Crippen LogP contribution in [0.4, 0.5) is 0 Å². The first-order valence-corrected chi connectivity index (χ1v) is 10.4. The first-order chi connectivity index (χ1) is 12.9. The largest absolute Gasteiger partial charge is 0.379 e. The van der Waals surface area contributed by atoms with Crippen LogP contribution < -0.4 is 10.6 Å².